The van der Waals surface area contributed by atoms with Gasteiger partial charge in [0.25, 0.3) is 0 Å². The van der Waals surface area contributed by atoms with E-state index in [4.69, 9.17) is 5.73 Å². The van der Waals surface area contributed by atoms with Gasteiger partial charge in [0.05, 0.1) is 0 Å². The minimum atomic E-state index is 0.677. The number of aromatic nitrogens is 3. The van der Waals surface area contributed by atoms with Crippen molar-refractivity contribution < 1.29 is 0 Å². The van der Waals surface area contributed by atoms with Gasteiger partial charge >= 0.3 is 0 Å². The van der Waals surface area contributed by atoms with Gasteiger partial charge in [-0.1, -0.05) is 11.3 Å². The Morgan fingerprint density at radius 1 is 1.38 bits per heavy atom. The van der Waals surface area contributed by atoms with Crippen molar-refractivity contribution in [2.75, 3.05) is 5.73 Å². The van der Waals surface area contributed by atoms with Crippen LogP contribution in [0, 0.1) is 0 Å². The predicted molar refractivity (Wildman–Crippen MR) is 55.3 cm³/mol. The lowest BCUT2D eigenvalue weighted by molar-refractivity contribution is 1.07. The fraction of sp³-hybridized carbons (Fsp3) is 0. The summed E-state index contributed by atoms with van der Waals surface area (Å²) in [6.07, 6.45) is 1.65. The molecule has 4 nitrogen and oxygen atoms in total. The Hall–Kier alpha value is -1.01. The molecule has 0 spiro atoms. The quantitative estimate of drug-likeness (QED) is 0.847. The number of hydrogen-bond donors (Lipinski definition) is 1. The van der Waals surface area contributed by atoms with Gasteiger partial charge in [0.15, 0.2) is 8.92 Å². The van der Waals surface area contributed by atoms with Crippen LogP contribution in [0.1, 0.15) is 0 Å². The molecule has 6 heteroatoms. The molecular formula is C7H5BrN4S. The predicted octanol–water partition coefficient (Wildman–Crippen LogP) is 1.94. The average Bonchev–Trinajstić information content (AvgIpc) is 2.52. The number of nitrogens with two attached hydrogens (primary N) is 1. The van der Waals surface area contributed by atoms with E-state index in [1.54, 1.807) is 18.3 Å². The molecule has 0 aliphatic rings. The van der Waals surface area contributed by atoms with Crippen LogP contribution in [0.25, 0.3) is 10.7 Å². The molecule has 0 aliphatic heterocycles. The second kappa shape index (κ2) is 3.39. The van der Waals surface area contributed by atoms with Gasteiger partial charge in [-0.15, -0.1) is 10.2 Å². The van der Waals surface area contributed by atoms with Gasteiger partial charge in [0.2, 0.25) is 0 Å². The first-order valence-corrected chi connectivity index (χ1v) is 5.07. The molecule has 0 amide bonds. The molecule has 13 heavy (non-hydrogen) atoms. The van der Waals surface area contributed by atoms with Crippen LogP contribution in [0.2, 0.25) is 0 Å². The van der Waals surface area contributed by atoms with E-state index in [0.29, 0.717) is 5.69 Å². The summed E-state index contributed by atoms with van der Waals surface area (Å²) in [7, 11) is 0. The highest BCUT2D eigenvalue weighted by Crippen LogP contribution is 2.25. The van der Waals surface area contributed by atoms with Crippen molar-refractivity contribution in [3.63, 3.8) is 0 Å². The number of hydrogen-bond acceptors (Lipinski definition) is 5. The van der Waals surface area contributed by atoms with Crippen molar-refractivity contribution in [3.05, 3.63) is 22.2 Å². The molecule has 0 atom stereocenters. The van der Waals surface area contributed by atoms with Gasteiger partial charge in [-0.2, -0.15) is 0 Å². The summed E-state index contributed by atoms with van der Waals surface area (Å²) < 4.78 is 0.742. The number of pyridine rings is 1. The Kier molecular flexibility index (Phi) is 2.24. The Balaban J connectivity index is 2.46. The fourth-order valence-electron chi connectivity index (χ4n) is 0.873. The summed E-state index contributed by atoms with van der Waals surface area (Å²) in [5, 5.41) is 8.52. The maximum atomic E-state index is 5.61. The molecule has 0 aliphatic carbocycles. The van der Waals surface area contributed by atoms with Gasteiger partial charge in [-0.25, -0.2) is 0 Å². The maximum absolute atomic E-state index is 5.61. The number of nitrogens with zero attached hydrogens (tertiary/aromatic N) is 3. The van der Waals surface area contributed by atoms with E-state index in [9.17, 15) is 0 Å². The zero-order valence-electron chi connectivity index (χ0n) is 6.44. The molecule has 0 unspecified atom stereocenters. The molecule has 0 saturated carbocycles. The highest BCUT2D eigenvalue weighted by molar-refractivity contribution is 9.11. The third kappa shape index (κ3) is 1.84. The van der Waals surface area contributed by atoms with Crippen molar-refractivity contribution in [3.8, 4) is 10.7 Å². The molecule has 0 bridgehead atoms. The van der Waals surface area contributed by atoms with Crippen LogP contribution in [-0.4, -0.2) is 15.2 Å². The number of anilines is 1. The van der Waals surface area contributed by atoms with Crippen LogP contribution in [0.3, 0.4) is 0 Å². The highest BCUT2D eigenvalue weighted by atomic mass is 79.9. The van der Waals surface area contributed by atoms with Crippen LogP contribution in [0.15, 0.2) is 22.2 Å². The first kappa shape index (κ1) is 8.58. The zero-order valence-corrected chi connectivity index (χ0v) is 8.84. The van der Waals surface area contributed by atoms with Crippen molar-refractivity contribution in [1.29, 1.82) is 0 Å². The molecule has 0 saturated heterocycles. The minimum absolute atomic E-state index is 0.677. The van der Waals surface area contributed by atoms with Crippen LogP contribution in [0.4, 0.5) is 5.69 Å². The largest absolute Gasteiger partial charge is 0.399 e. The summed E-state index contributed by atoms with van der Waals surface area (Å²) in [6, 6.07) is 3.51. The third-order valence-corrected chi connectivity index (χ3v) is 2.78. The van der Waals surface area contributed by atoms with Gasteiger partial charge in [-0.05, 0) is 28.1 Å². The van der Waals surface area contributed by atoms with Gasteiger partial charge in [0.1, 0.15) is 5.69 Å². The smallest absolute Gasteiger partial charge is 0.183 e. The van der Waals surface area contributed by atoms with Gasteiger partial charge in [-0.3, -0.25) is 4.98 Å². The molecule has 2 rings (SSSR count). The Labute approximate surface area is 87.0 Å². The Morgan fingerprint density at radius 2 is 2.23 bits per heavy atom. The lowest BCUT2D eigenvalue weighted by Crippen LogP contribution is -1.87. The van der Waals surface area contributed by atoms with Crippen LogP contribution >= 0.6 is 27.3 Å². The number of nitrogen functional groups attached to an aromatic ring is 1. The second-order valence-corrected chi connectivity index (χ2v) is 4.59. The topological polar surface area (TPSA) is 64.7 Å². The van der Waals surface area contributed by atoms with E-state index < -0.39 is 0 Å². The Morgan fingerprint density at radius 3 is 2.85 bits per heavy atom. The standard InChI is InChI=1S/C7H5BrN4S/c8-7-12-11-6(13-7)5-3-4(9)1-2-10-5/h1-3H,(H2,9,10). The Bertz CT molecular complexity index is 428. The molecule has 0 aromatic carbocycles. The molecular weight excluding hydrogens is 252 g/mol. The first-order valence-electron chi connectivity index (χ1n) is 3.46. The lowest BCUT2D eigenvalue weighted by atomic mass is 10.3. The normalized spacial score (nSPS) is 10.2. The third-order valence-electron chi connectivity index (χ3n) is 1.40. The molecule has 2 heterocycles. The van der Waals surface area contributed by atoms with E-state index >= 15 is 0 Å². The molecule has 2 aromatic rings. The first-order chi connectivity index (χ1) is 6.25. The summed E-state index contributed by atoms with van der Waals surface area (Å²) in [5.41, 5.74) is 7.04. The SMILES string of the molecule is Nc1ccnc(-c2nnc(Br)s2)c1. The van der Waals surface area contributed by atoms with Crippen molar-refractivity contribution in [2.45, 2.75) is 0 Å². The number of halogens is 1. The molecule has 0 radical (unpaired) electrons. The number of rotatable bonds is 1. The van der Waals surface area contributed by atoms with E-state index in [2.05, 4.69) is 31.1 Å². The highest BCUT2D eigenvalue weighted by Gasteiger charge is 2.05. The van der Waals surface area contributed by atoms with Crippen molar-refractivity contribution in [1.82, 2.24) is 15.2 Å². The minimum Gasteiger partial charge on any atom is -0.399 e. The van der Waals surface area contributed by atoms with Crippen LogP contribution in [-0.2, 0) is 0 Å². The van der Waals surface area contributed by atoms with Crippen LogP contribution < -0.4 is 5.73 Å². The van der Waals surface area contributed by atoms with Crippen molar-refractivity contribution >= 4 is 33.0 Å². The summed E-state index contributed by atoms with van der Waals surface area (Å²) >= 11 is 4.66. The summed E-state index contributed by atoms with van der Waals surface area (Å²) in [5.74, 6) is 0. The van der Waals surface area contributed by atoms with E-state index in [-0.39, 0.29) is 0 Å². The average molecular weight is 257 g/mol. The molecule has 0 fully saturated rings. The second-order valence-electron chi connectivity index (χ2n) is 2.33. The molecule has 2 N–H and O–H groups in total. The monoisotopic (exact) mass is 256 g/mol. The summed E-state index contributed by atoms with van der Waals surface area (Å²) in [6.45, 7) is 0. The van der Waals surface area contributed by atoms with Gasteiger partial charge in [0, 0.05) is 11.9 Å². The zero-order chi connectivity index (χ0) is 9.26. The molecule has 66 valence electrons. The fourth-order valence-corrected chi connectivity index (χ4v) is 1.95. The van der Waals surface area contributed by atoms with Crippen LogP contribution in [0.5, 0.6) is 0 Å². The van der Waals surface area contributed by atoms with Gasteiger partial charge < -0.3 is 5.73 Å². The van der Waals surface area contributed by atoms with E-state index in [0.717, 1.165) is 14.6 Å². The van der Waals surface area contributed by atoms with E-state index in [1.807, 2.05) is 0 Å². The van der Waals surface area contributed by atoms with E-state index in [1.165, 1.54) is 11.3 Å². The lowest BCUT2D eigenvalue weighted by Gasteiger charge is -1.94. The van der Waals surface area contributed by atoms with Crippen molar-refractivity contribution in [2.24, 2.45) is 0 Å². The summed E-state index contributed by atoms with van der Waals surface area (Å²) in [4.78, 5) is 4.13. The molecule has 2 aromatic heterocycles. The maximum Gasteiger partial charge on any atom is 0.183 e.